The molecule has 2 rings (SSSR count). The Hall–Kier alpha value is -0.650. The molecule has 1 amide bonds. The van der Waals surface area contributed by atoms with Crippen molar-refractivity contribution in [2.24, 2.45) is 0 Å². The van der Waals surface area contributed by atoms with Crippen LogP contribution in [0.25, 0.3) is 0 Å². The van der Waals surface area contributed by atoms with Crippen LogP contribution in [0, 0.1) is 0 Å². The first-order valence-corrected chi connectivity index (χ1v) is 7.99. The lowest BCUT2D eigenvalue weighted by Crippen LogP contribution is -2.51. The van der Waals surface area contributed by atoms with Crippen LogP contribution in [0.1, 0.15) is 39.0 Å². The van der Waals surface area contributed by atoms with E-state index >= 15 is 0 Å². The number of nitrogens with zero attached hydrogens (tertiary/aromatic N) is 2. The number of amides is 1. The average Bonchev–Trinajstić information content (AvgIpc) is 2.98. The van der Waals surface area contributed by atoms with Gasteiger partial charge in [-0.3, -0.25) is 9.69 Å². The quantitative estimate of drug-likeness (QED) is 0.786. The summed E-state index contributed by atoms with van der Waals surface area (Å²) < 4.78 is 5.68. The van der Waals surface area contributed by atoms with Crippen LogP contribution in [0.2, 0.25) is 0 Å². The molecule has 2 aliphatic rings. The SMILES string of the molecule is CC[C@H](O)CN1CCN(C(=O)COC2CCCC2)CC1. The summed E-state index contributed by atoms with van der Waals surface area (Å²) in [4.78, 5) is 16.2. The molecular formula is C15H28N2O3. The largest absolute Gasteiger partial charge is 0.392 e. The first-order valence-electron chi connectivity index (χ1n) is 7.99. The van der Waals surface area contributed by atoms with E-state index in [1.165, 1.54) is 12.8 Å². The van der Waals surface area contributed by atoms with Crippen molar-refractivity contribution in [3.05, 3.63) is 0 Å². The van der Waals surface area contributed by atoms with Crippen molar-refractivity contribution in [1.82, 2.24) is 9.80 Å². The van der Waals surface area contributed by atoms with Crippen LogP contribution in [-0.2, 0) is 9.53 Å². The van der Waals surface area contributed by atoms with E-state index in [1.54, 1.807) is 0 Å². The van der Waals surface area contributed by atoms with Crippen LogP contribution in [0.3, 0.4) is 0 Å². The number of aliphatic hydroxyl groups is 1. The summed E-state index contributed by atoms with van der Waals surface area (Å²) in [6.07, 6.45) is 5.53. The minimum atomic E-state index is -0.247. The molecule has 5 nitrogen and oxygen atoms in total. The smallest absolute Gasteiger partial charge is 0.248 e. The Morgan fingerprint density at radius 3 is 2.50 bits per heavy atom. The highest BCUT2D eigenvalue weighted by molar-refractivity contribution is 5.77. The van der Waals surface area contributed by atoms with Gasteiger partial charge in [-0.25, -0.2) is 0 Å². The van der Waals surface area contributed by atoms with E-state index < -0.39 is 0 Å². The summed E-state index contributed by atoms with van der Waals surface area (Å²) in [5.74, 6) is 0.118. The van der Waals surface area contributed by atoms with Crippen molar-refractivity contribution in [3.63, 3.8) is 0 Å². The Morgan fingerprint density at radius 2 is 1.90 bits per heavy atom. The lowest BCUT2D eigenvalue weighted by molar-refractivity contribution is -0.140. The maximum Gasteiger partial charge on any atom is 0.248 e. The molecule has 1 heterocycles. The van der Waals surface area contributed by atoms with Gasteiger partial charge in [-0.05, 0) is 19.3 Å². The molecule has 0 aromatic heterocycles. The van der Waals surface area contributed by atoms with E-state index in [-0.39, 0.29) is 18.6 Å². The second-order valence-electron chi connectivity index (χ2n) is 5.96. The second-order valence-corrected chi connectivity index (χ2v) is 5.96. The van der Waals surface area contributed by atoms with Gasteiger partial charge in [0.2, 0.25) is 5.91 Å². The predicted molar refractivity (Wildman–Crippen MR) is 77.5 cm³/mol. The molecule has 0 aromatic carbocycles. The van der Waals surface area contributed by atoms with E-state index in [9.17, 15) is 9.90 Å². The number of carbonyl (C=O) groups is 1. The third-order valence-electron chi connectivity index (χ3n) is 4.41. The van der Waals surface area contributed by atoms with Crippen molar-refractivity contribution >= 4 is 5.91 Å². The van der Waals surface area contributed by atoms with Crippen molar-refractivity contribution in [1.29, 1.82) is 0 Å². The highest BCUT2D eigenvalue weighted by Gasteiger charge is 2.23. The lowest BCUT2D eigenvalue weighted by Gasteiger charge is -2.35. The van der Waals surface area contributed by atoms with Crippen LogP contribution < -0.4 is 0 Å². The molecule has 0 aromatic rings. The molecule has 0 unspecified atom stereocenters. The predicted octanol–water partition coefficient (Wildman–Crippen LogP) is 0.861. The molecule has 1 saturated heterocycles. The highest BCUT2D eigenvalue weighted by atomic mass is 16.5. The zero-order chi connectivity index (χ0) is 14.4. The van der Waals surface area contributed by atoms with Crippen molar-refractivity contribution < 1.29 is 14.6 Å². The van der Waals surface area contributed by atoms with Crippen LogP contribution in [-0.4, -0.2) is 72.4 Å². The molecule has 1 saturated carbocycles. The van der Waals surface area contributed by atoms with Crippen molar-refractivity contribution in [2.45, 2.75) is 51.2 Å². The van der Waals surface area contributed by atoms with Gasteiger partial charge in [0.05, 0.1) is 12.2 Å². The Labute approximate surface area is 121 Å². The number of carbonyl (C=O) groups excluding carboxylic acids is 1. The van der Waals surface area contributed by atoms with Gasteiger partial charge >= 0.3 is 0 Å². The lowest BCUT2D eigenvalue weighted by atomic mass is 10.2. The molecule has 1 atom stereocenters. The fourth-order valence-electron chi connectivity index (χ4n) is 2.94. The third kappa shape index (κ3) is 4.72. The molecule has 0 radical (unpaired) electrons. The minimum Gasteiger partial charge on any atom is -0.392 e. The van der Waals surface area contributed by atoms with E-state index in [1.807, 2.05) is 11.8 Å². The zero-order valence-electron chi connectivity index (χ0n) is 12.6. The van der Waals surface area contributed by atoms with E-state index in [0.717, 1.165) is 52.0 Å². The van der Waals surface area contributed by atoms with Gasteiger partial charge in [0, 0.05) is 32.7 Å². The van der Waals surface area contributed by atoms with E-state index in [2.05, 4.69) is 4.90 Å². The molecule has 0 bridgehead atoms. The number of hydrogen-bond acceptors (Lipinski definition) is 4. The number of rotatable bonds is 6. The van der Waals surface area contributed by atoms with E-state index in [4.69, 9.17) is 4.74 Å². The van der Waals surface area contributed by atoms with Gasteiger partial charge in [-0.2, -0.15) is 0 Å². The van der Waals surface area contributed by atoms with Crippen molar-refractivity contribution in [2.75, 3.05) is 39.3 Å². The zero-order valence-corrected chi connectivity index (χ0v) is 12.6. The standard InChI is InChI=1S/C15H28N2O3/c1-2-13(18)11-16-7-9-17(10-8-16)15(19)12-20-14-5-3-4-6-14/h13-14,18H,2-12H2,1H3/t13-/m0/s1. The summed E-state index contributed by atoms with van der Waals surface area (Å²) in [6.45, 7) is 6.16. The van der Waals surface area contributed by atoms with E-state index in [0.29, 0.717) is 6.10 Å². The van der Waals surface area contributed by atoms with Gasteiger partial charge in [-0.15, -0.1) is 0 Å². The summed E-state index contributed by atoms with van der Waals surface area (Å²) in [7, 11) is 0. The van der Waals surface area contributed by atoms with Crippen LogP contribution in [0.4, 0.5) is 0 Å². The Bertz CT molecular complexity index is 297. The van der Waals surface area contributed by atoms with Crippen molar-refractivity contribution in [3.8, 4) is 0 Å². The molecule has 2 fully saturated rings. The number of β-amino-alcohol motifs (C(OH)–C–C–N with tert-alkyl or cyclic N) is 1. The Balaban J connectivity index is 1.63. The molecule has 0 spiro atoms. The average molecular weight is 284 g/mol. The molecular weight excluding hydrogens is 256 g/mol. The van der Waals surface area contributed by atoms with Gasteiger partial charge in [-0.1, -0.05) is 19.8 Å². The van der Waals surface area contributed by atoms with Crippen LogP contribution >= 0.6 is 0 Å². The topological polar surface area (TPSA) is 53.0 Å². The molecule has 116 valence electrons. The third-order valence-corrected chi connectivity index (χ3v) is 4.41. The summed E-state index contributed by atoms with van der Waals surface area (Å²) >= 11 is 0. The highest BCUT2D eigenvalue weighted by Crippen LogP contribution is 2.20. The maximum atomic E-state index is 12.1. The number of hydrogen-bond donors (Lipinski definition) is 1. The fraction of sp³-hybridized carbons (Fsp3) is 0.933. The Kier molecular flexibility index (Phi) is 6.26. The Morgan fingerprint density at radius 1 is 1.25 bits per heavy atom. The van der Waals surface area contributed by atoms with Crippen LogP contribution in [0.15, 0.2) is 0 Å². The van der Waals surface area contributed by atoms with Gasteiger partial charge in [0.15, 0.2) is 0 Å². The van der Waals surface area contributed by atoms with Crippen LogP contribution in [0.5, 0.6) is 0 Å². The monoisotopic (exact) mass is 284 g/mol. The number of piperazine rings is 1. The summed E-state index contributed by atoms with van der Waals surface area (Å²) in [6, 6.07) is 0. The minimum absolute atomic E-state index is 0.118. The van der Waals surface area contributed by atoms with Gasteiger partial charge in [0.1, 0.15) is 6.61 Å². The molecule has 20 heavy (non-hydrogen) atoms. The molecule has 1 aliphatic heterocycles. The fourth-order valence-corrected chi connectivity index (χ4v) is 2.94. The number of ether oxygens (including phenoxy) is 1. The first kappa shape index (κ1) is 15.7. The normalized spacial score (nSPS) is 23.2. The van der Waals surface area contributed by atoms with Gasteiger partial charge < -0.3 is 14.7 Å². The molecule has 5 heteroatoms. The molecule has 1 N–H and O–H groups in total. The number of aliphatic hydroxyl groups excluding tert-OH is 1. The summed E-state index contributed by atoms with van der Waals surface area (Å²) in [5.41, 5.74) is 0. The first-order chi connectivity index (χ1) is 9.69. The second kappa shape index (κ2) is 7.96. The van der Waals surface area contributed by atoms with Gasteiger partial charge in [0.25, 0.3) is 0 Å². The summed E-state index contributed by atoms with van der Waals surface area (Å²) in [5, 5.41) is 9.65. The molecule has 1 aliphatic carbocycles. The maximum absolute atomic E-state index is 12.1.